The molecule has 1 aromatic heterocycles. The van der Waals surface area contributed by atoms with Crippen molar-refractivity contribution < 1.29 is 9.72 Å². The van der Waals surface area contributed by atoms with Crippen molar-refractivity contribution in [1.82, 2.24) is 15.1 Å². The van der Waals surface area contributed by atoms with Gasteiger partial charge in [-0.05, 0) is 12.1 Å². The first kappa shape index (κ1) is 14.0. The van der Waals surface area contributed by atoms with Gasteiger partial charge in [-0.15, -0.1) is 0 Å². The fourth-order valence-corrected chi connectivity index (χ4v) is 1.93. The van der Waals surface area contributed by atoms with E-state index in [-0.39, 0.29) is 16.3 Å². The van der Waals surface area contributed by atoms with E-state index in [4.69, 9.17) is 11.6 Å². The van der Waals surface area contributed by atoms with Crippen LogP contribution in [0.4, 0.5) is 5.69 Å². The van der Waals surface area contributed by atoms with Crippen molar-refractivity contribution in [1.29, 1.82) is 0 Å². The summed E-state index contributed by atoms with van der Waals surface area (Å²) in [6, 6.07) is 3.90. The first-order valence-corrected chi connectivity index (χ1v) is 6.04. The minimum atomic E-state index is -0.602. The summed E-state index contributed by atoms with van der Waals surface area (Å²) < 4.78 is 0. The first-order chi connectivity index (χ1) is 9.49. The summed E-state index contributed by atoms with van der Waals surface area (Å²) in [4.78, 5) is 24.0. The van der Waals surface area contributed by atoms with Gasteiger partial charge in [0.05, 0.1) is 11.1 Å². The molecule has 0 spiro atoms. The highest BCUT2D eigenvalue weighted by Gasteiger charge is 2.23. The molecule has 0 fully saturated rings. The van der Waals surface area contributed by atoms with E-state index in [9.17, 15) is 14.9 Å². The Kier molecular flexibility index (Phi) is 3.99. The Labute approximate surface area is 119 Å². The average molecular weight is 295 g/mol. The van der Waals surface area contributed by atoms with Gasteiger partial charge in [0, 0.05) is 36.4 Å². The normalized spacial score (nSPS) is 10.3. The SMILES string of the molecule is CN(Cc1cn[nH]c1)C(=O)c1cc(Cl)ccc1[N+](=O)[O-]. The number of nitrogens with one attached hydrogen (secondary N) is 1. The summed E-state index contributed by atoms with van der Waals surface area (Å²) in [5, 5.41) is 17.6. The van der Waals surface area contributed by atoms with Crippen LogP contribution in [0.15, 0.2) is 30.6 Å². The molecule has 0 saturated heterocycles. The summed E-state index contributed by atoms with van der Waals surface area (Å²) in [5.74, 6) is -0.472. The van der Waals surface area contributed by atoms with Gasteiger partial charge in [0.25, 0.3) is 11.6 Å². The Morgan fingerprint density at radius 3 is 2.90 bits per heavy atom. The molecule has 1 aromatic carbocycles. The minimum absolute atomic E-state index is 0.0338. The lowest BCUT2D eigenvalue weighted by Gasteiger charge is -2.16. The zero-order valence-corrected chi connectivity index (χ0v) is 11.3. The molecule has 0 saturated carbocycles. The molecule has 8 heteroatoms. The summed E-state index contributed by atoms with van der Waals surface area (Å²) in [6.45, 7) is 0.291. The number of rotatable bonds is 4. The van der Waals surface area contributed by atoms with Gasteiger partial charge in [-0.3, -0.25) is 20.0 Å². The molecule has 0 unspecified atom stereocenters. The highest BCUT2D eigenvalue weighted by Crippen LogP contribution is 2.24. The number of nitro benzene ring substituents is 1. The number of amides is 1. The largest absolute Gasteiger partial charge is 0.337 e. The fraction of sp³-hybridized carbons (Fsp3) is 0.167. The van der Waals surface area contributed by atoms with Crippen LogP contribution in [-0.4, -0.2) is 33.0 Å². The molecular formula is C12H11ClN4O3. The topological polar surface area (TPSA) is 92.1 Å². The van der Waals surface area contributed by atoms with Crippen LogP contribution < -0.4 is 0 Å². The van der Waals surface area contributed by atoms with Gasteiger partial charge in [0.15, 0.2) is 0 Å². The lowest BCUT2D eigenvalue weighted by molar-refractivity contribution is -0.385. The molecule has 7 nitrogen and oxygen atoms in total. The van der Waals surface area contributed by atoms with Gasteiger partial charge in [-0.1, -0.05) is 11.6 Å². The van der Waals surface area contributed by atoms with Crippen molar-refractivity contribution >= 4 is 23.2 Å². The van der Waals surface area contributed by atoms with Gasteiger partial charge in [0.1, 0.15) is 5.56 Å². The number of aromatic amines is 1. The van der Waals surface area contributed by atoms with E-state index in [0.717, 1.165) is 5.56 Å². The number of hydrogen-bond donors (Lipinski definition) is 1. The first-order valence-electron chi connectivity index (χ1n) is 5.66. The quantitative estimate of drug-likeness (QED) is 0.691. The van der Waals surface area contributed by atoms with Crippen molar-refractivity contribution in [3.8, 4) is 0 Å². The molecular weight excluding hydrogens is 284 g/mol. The maximum absolute atomic E-state index is 12.3. The zero-order chi connectivity index (χ0) is 14.7. The zero-order valence-electron chi connectivity index (χ0n) is 10.5. The smallest absolute Gasteiger partial charge is 0.282 e. The molecule has 2 aromatic rings. The van der Waals surface area contributed by atoms with Gasteiger partial charge in [-0.2, -0.15) is 5.10 Å². The number of H-pyrrole nitrogens is 1. The van der Waals surface area contributed by atoms with Crippen LogP contribution in [0, 0.1) is 10.1 Å². The van der Waals surface area contributed by atoms with E-state index < -0.39 is 10.8 Å². The third kappa shape index (κ3) is 2.94. The molecule has 0 aliphatic carbocycles. The molecule has 0 bridgehead atoms. The molecule has 20 heavy (non-hydrogen) atoms. The molecule has 1 amide bonds. The number of benzene rings is 1. The summed E-state index contributed by atoms with van der Waals surface area (Å²) >= 11 is 5.80. The van der Waals surface area contributed by atoms with Gasteiger partial charge in [-0.25, -0.2) is 0 Å². The lowest BCUT2D eigenvalue weighted by Crippen LogP contribution is -2.26. The monoisotopic (exact) mass is 294 g/mol. The van der Waals surface area contributed by atoms with Crippen LogP contribution in [0.1, 0.15) is 15.9 Å². The maximum Gasteiger partial charge on any atom is 0.282 e. The van der Waals surface area contributed by atoms with Crippen LogP contribution in [-0.2, 0) is 6.54 Å². The van der Waals surface area contributed by atoms with Gasteiger partial charge in [0.2, 0.25) is 0 Å². The Hall–Kier alpha value is -2.41. The molecule has 2 rings (SSSR count). The Bertz CT molecular complexity index is 642. The molecule has 0 radical (unpaired) electrons. The average Bonchev–Trinajstić information content (AvgIpc) is 2.90. The second-order valence-electron chi connectivity index (χ2n) is 4.19. The summed E-state index contributed by atoms with van der Waals surface area (Å²) in [6.07, 6.45) is 3.23. The molecule has 104 valence electrons. The van der Waals surface area contributed by atoms with E-state index >= 15 is 0 Å². The number of halogens is 1. The van der Waals surface area contributed by atoms with E-state index in [1.54, 1.807) is 19.4 Å². The number of nitrogens with zero attached hydrogens (tertiary/aromatic N) is 3. The van der Waals surface area contributed by atoms with Crippen LogP contribution in [0.25, 0.3) is 0 Å². The molecule has 0 aliphatic heterocycles. The summed E-state index contributed by atoms with van der Waals surface area (Å²) in [7, 11) is 1.56. The van der Waals surface area contributed by atoms with Crippen LogP contribution >= 0.6 is 11.6 Å². The molecule has 1 heterocycles. The third-order valence-corrected chi connectivity index (χ3v) is 2.94. The standard InChI is InChI=1S/C12H11ClN4O3/c1-16(7-8-5-14-15-6-8)12(18)10-4-9(13)2-3-11(10)17(19)20/h2-6H,7H2,1H3,(H,14,15). The molecule has 0 aliphatic rings. The molecule has 1 N–H and O–H groups in total. The van der Waals surface area contributed by atoms with Crippen LogP contribution in [0.5, 0.6) is 0 Å². The second-order valence-corrected chi connectivity index (χ2v) is 4.62. The number of aromatic nitrogens is 2. The minimum Gasteiger partial charge on any atom is -0.337 e. The van der Waals surface area contributed by atoms with E-state index in [0.29, 0.717) is 6.54 Å². The number of carbonyl (C=O) groups is 1. The number of hydrogen-bond acceptors (Lipinski definition) is 4. The lowest BCUT2D eigenvalue weighted by atomic mass is 10.1. The predicted octanol–water partition coefficient (Wildman–Crippen LogP) is 2.24. The van der Waals surface area contributed by atoms with E-state index in [1.165, 1.54) is 23.1 Å². The van der Waals surface area contributed by atoms with Crippen molar-refractivity contribution in [3.63, 3.8) is 0 Å². The second kappa shape index (κ2) is 5.70. The Morgan fingerprint density at radius 1 is 1.55 bits per heavy atom. The highest BCUT2D eigenvalue weighted by atomic mass is 35.5. The van der Waals surface area contributed by atoms with Gasteiger partial charge >= 0.3 is 0 Å². The third-order valence-electron chi connectivity index (χ3n) is 2.71. The number of nitro groups is 1. The van der Waals surface area contributed by atoms with Crippen LogP contribution in [0.2, 0.25) is 5.02 Å². The van der Waals surface area contributed by atoms with E-state index in [2.05, 4.69) is 10.2 Å². The summed E-state index contributed by atoms with van der Waals surface area (Å²) in [5.41, 5.74) is 0.498. The molecule has 0 atom stereocenters. The fourth-order valence-electron chi connectivity index (χ4n) is 1.75. The van der Waals surface area contributed by atoms with Crippen molar-refractivity contribution in [2.24, 2.45) is 0 Å². The van der Waals surface area contributed by atoms with Crippen molar-refractivity contribution in [2.45, 2.75) is 6.54 Å². The number of carbonyl (C=O) groups excluding carboxylic acids is 1. The Morgan fingerprint density at radius 2 is 2.30 bits per heavy atom. The van der Waals surface area contributed by atoms with Gasteiger partial charge < -0.3 is 4.90 Å². The predicted molar refractivity (Wildman–Crippen MR) is 72.5 cm³/mol. The Balaban J connectivity index is 2.28. The van der Waals surface area contributed by atoms with E-state index in [1.807, 2.05) is 0 Å². The maximum atomic E-state index is 12.3. The van der Waals surface area contributed by atoms with Crippen molar-refractivity contribution in [3.05, 3.63) is 56.9 Å². The van der Waals surface area contributed by atoms with Crippen molar-refractivity contribution in [2.75, 3.05) is 7.05 Å². The highest BCUT2D eigenvalue weighted by molar-refractivity contribution is 6.31. The van der Waals surface area contributed by atoms with Crippen LogP contribution in [0.3, 0.4) is 0 Å².